The number of hydrogen-bond donors (Lipinski definition) is 1. The number of nitrogens with zero attached hydrogens (tertiary/aromatic N) is 2. The summed E-state index contributed by atoms with van der Waals surface area (Å²) >= 11 is 0. The van der Waals surface area contributed by atoms with E-state index in [-0.39, 0.29) is 0 Å². The Labute approximate surface area is 102 Å². The normalized spacial score (nSPS) is 32.8. The van der Waals surface area contributed by atoms with E-state index in [9.17, 15) is 0 Å². The molecule has 1 aromatic heterocycles. The third-order valence-electron chi connectivity index (χ3n) is 4.25. The van der Waals surface area contributed by atoms with Crippen LogP contribution in [0.1, 0.15) is 42.9 Å². The SMILES string of the molecule is CC1OCCC1c1nc2c(n1C)CCC(N)C2. The molecule has 0 amide bonds. The van der Waals surface area contributed by atoms with Crippen LogP contribution in [0.25, 0.3) is 0 Å². The molecular formula is C13H21N3O. The Morgan fingerprint density at radius 2 is 2.24 bits per heavy atom. The number of imidazole rings is 1. The number of ether oxygens (including phenoxy) is 1. The van der Waals surface area contributed by atoms with E-state index >= 15 is 0 Å². The Balaban J connectivity index is 1.96. The second kappa shape index (κ2) is 4.10. The highest BCUT2D eigenvalue weighted by Gasteiger charge is 2.32. The van der Waals surface area contributed by atoms with Gasteiger partial charge in [0.25, 0.3) is 0 Å². The fourth-order valence-corrected chi connectivity index (χ4v) is 3.16. The highest BCUT2D eigenvalue weighted by Crippen LogP contribution is 2.32. The van der Waals surface area contributed by atoms with Crippen LogP contribution in [0.3, 0.4) is 0 Å². The first-order valence-electron chi connectivity index (χ1n) is 6.58. The molecule has 94 valence electrons. The fourth-order valence-electron chi connectivity index (χ4n) is 3.16. The van der Waals surface area contributed by atoms with Crippen LogP contribution >= 0.6 is 0 Å². The molecule has 0 saturated carbocycles. The van der Waals surface area contributed by atoms with Crippen molar-refractivity contribution in [2.75, 3.05) is 6.61 Å². The molecule has 4 nitrogen and oxygen atoms in total. The Hall–Kier alpha value is -0.870. The minimum absolute atomic E-state index is 0.294. The maximum Gasteiger partial charge on any atom is 0.114 e. The van der Waals surface area contributed by atoms with Gasteiger partial charge < -0.3 is 15.0 Å². The van der Waals surface area contributed by atoms with E-state index in [1.165, 1.54) is 17.2 Å². The third-order valence-corrected chi connectivity index (χ3v) is 4.25. The molecule has 2 heterocycles. The van der Waals surface area contributed by atoms with Crippen molar-refractivity contribution < 1.29 is 4.74 Å². The van der Waals surface area contributed by atoms with E-state index in [0.29, 0.717) is 18.1 Å². The van der Waals surface area contributed by atoms with Crippen molar-refractivity contribution in [3.05, 3.63) is 17.2 Å². The summed E-state index contributed by atoms with van der Waals surface area (Å²) in [5.74, 6) is 1.66. The molecule has 4 heteroatoms. The first-order chi connectivity index (χ1) is 8.16. The van der Waals surface area contributed by atoms with Gasteiger partial charge in [0, 0.05) is 37.7 Å². The van der Waals surface area contributed by atoms with Gasteiger partial charge in [-0.05, 0) is 26.2 Å². The molecule has 17 heavy (non-hydrogen) atoms. The molecule has 0 aromatic carbocycles. The zero-order chi connectivity index (χ0) is 12.0. The molecule has 0 bridgehead atoms. The standard InChI is InChI=1S/C13H21N3O/c1-8-10(5-6-17-8)13-15-11-7-9(14)3-4-12(11)16(13)2/h8-10H,3-7,14H2,1-2H3. The minimum atomic E-state index is 0.294. The van der Waals surface area contributed by atoms with Gasteiger partial charge in [-0.1, -0.05) is 0 Å². The summed E-state index contributed by atoms with van der Waals surface area (Å²) in [7, 11) is 2.14. The maximum absolute atomic E-state index is 6.02. The van der Waals surface area contributed by atoms with Crippen molar-refractivity contribution >= 4 is 0 Å². The molecule has 3 atom stereocenters. The van der Waals surface area contributed by atoms with Crippen molar-refractivity contribution in [3.8, 4) is 0 Å². The van der Waals surface area contributed by atoms with Crippen LogP contribution in [0.4, 0.5) is 0 Å². The van der Waals surface area contributed by atoms with Crippen LogP contribution < -0.4 is 5.73 Å². The van der Waals surface area contributed by atoms with Crippen molar-refractivity contribution in [1.29, 1.82) is 0 Å². The quantitative estimate of drug-likeness (QED) is 0.794. The molecule has 1 aliphatic carbocycles. The van der Waals surface area contributed by atoms with Crippen molar-refractivity contribution in [3.63, 3.8) is 0 Å². The molecule has 0 radical (unpaired) electrons. The van der Waals surface area contributed by atoms with E-state index < -0.39 is 0 Å². The van der Waals surface area contributed by atoms with Crippen LogP contribution in [-0.4, -0.2) is 28.3 Å². The highest BCUT2D eigenvalue weighted by molar-refractivity contribution is 5.24. The van der Waals surface area contributed by atoms with Crippen LogP contribution in [0.2, 0.25) is 0 Å². The highest BCUT2D eigenvalue weighted by atomic mass is 16.5. The Morgan fingerprint density at radius 3 is 2.94 bits per heavy atom. The number of aromatic nitrogens is 2. The average Bonchev–Trinajstić information content (AvgIpc) is 2.83. The molecule has 1 saturated heterocycles. The van der Waals surface area contributed by atoms with Gasteiger partial charge in [-0.3, -0.25) is 0 Å². The van der Waals surface area contributed by atoms with Gasteiger partial charge in [0.15, 0.2) is 0 Å². The first-order valence-corrected chi connectivity index (χ1v) is 6.58. The van der Waals surface area contributed by atoms with Gasteiger partial charge in [0.2, 0.25) is 0 Å². The molecule has 1 aliphatic heterocycles. The smallest absolute Gasteiger partial charge is 0.114 e. The molecule has 2 N–H and O–H groups in total. The van der Waals surface area contributed by atoms with Gasteiger partial charge in [-0.15, -0.1) is 0 Å². The second-order valence-corrected chi connectivity index (χ2v) is 5.40. The largest absolute Gasteiger partial charge is 0.378 e. The van der Waals surface area contributed by atoms with Crippen LogP contribution in [-0.2, 0) is 24.6 Å². The summed E-state index contributed by atoms with van der Waals surface area (Å²) in [4.78, 5) is 4.84. The number of rotatable bonds is 1. The summed E-state index contributed by atoms with van der Waals surface area (Å²) in [6.45, 7) is 3.01. The lowest BCUT2D eigenvalue weighted by Crippen LogP contribution is -2.28. The minimum Gasteiger partial charge on any atom is -0.378 e. The summed E-state index contributed by atoms with van der Waals surface area (Å²) in [6, 6.07) is 0.294. The molecule has 1 fully saturated rings. The van der Waals surface area contributed by atoms with Gasteiger partial charge in [0.1, 0.15) is 5.82 Å². The first kappa shape index (κ1) is 11.2. The zero-order valence-electron chi connectivity index (χ0n) is 10.6. The fraction of sp³-hybridized carbons (Fsp3) is 0.769. The zero-order valence-corrected chi connectivity index (χ0v) is 10.6. The summed E-state index contributed by atoms with van der Waals surface area (Å²) < 4.78 is 7.94. The lowest BCUT2D eigenvalue weighted by molar-refractivity contribution is 0.117. The van der Waals surface area contributed by atoms with Crippen LogP contribution in [0.5, 0.6) is 0 Å². The van der Waals surface area contributed by atoms with Crippen LogP contribution in [0, 0.1) is 0 Å². The molecule has 3 rings (SSSR count). The summed E-state index contributed by atoms with van der Waals surface area (Å²) in [5.41, 5.74) is 8.63. The second-order valence-electron chi connectivity index (χ2n) is 5.40. The van der Waals surface area contributed by atoms with E-state index in [1.807, 2.05) is 0 Å². The Bertz CT molecular complexity index is 427. The monoisotopic (exact) mass is 235 g/mol. The molecular weight excluding hydrogens is 214 g/mol. The van der Waals surface area contributed by atoms with Crippen molar-refractivity contribution in [1.82, 2.24) is 9.55 Å². The van der Waals surface area contributed by atoms with Gasteiger partial charge in [0.05, 0.1) is 11.8 Å². The van der Waals surface area contributed by atoms with E-state index in [2.05, 4.69) is 18.5 Å². The summed E-state index contributed by atoms with van der Waals surface area (Å²) in [5, 5.41) is 0. The lowest BCUT2D eigenvalue weighted by atomic mass is 9.97. The van der Waals surface area contributed by atoms with Gasteiger partial charge in [-0.2, -0.15) is 0 Å². The maximum atomic E-state index is 6.02. The van der Waals surface area contributed by atoms with E-state index in [4.69, 9.17) is 15.5 Å². The van der Waals surface area contributed by atoms with Gasteiger partial charge >= 0.3 is 0 Å². The van der Waals surface area contributed by atoms with E-state index in [1.54, 1.807) is 0 Å². The van der Waals surface area contributed by atoms with Crippen LogP contribution in [0.15, 0.2) is 0 Å². The average molecular weight is 235 g/mol. The predicted molar refractivity (Wildman–Crippen MR) is 66.0 cm³/mol. The van der Waals surface area contributed by atoms with Crippen molar-refractivity contribution in [2.45, 2.75) is 50.7 Å². The third kappa shape index (κ3) is 1.79. The van der Waals surface area contributed by atoms with Crippen molar-refractivity contribution in [2.24, 2.45) is 12.8 Å². The molecule has 1 aromatic rings. The molecule has 0 spiro atoms. The number of hydrogen-bond acceptors (Lipinski definition) is 3. The summed E-state index contributed by atoms with van der Waals surface area (Å²) in [6.07, 6.45) is 4.48. The number of nitrogens with two attached hydrogens (primary N) is 1. The number of fused-ring (bicyclic) bond motifs is 1. The predicted octanol–water partition coefficient (Wildman–Crippen LogP) is 1.13. The molecule has 2 aliphatic rings. The van der Waals surface area contributed by atoms with Gasteiger partial charge in [-0.25, -0.2) is 4.98 Å². The molecule has 3 unspecified atom stereocenters. The lowest BCUT2D eigenvalue weighted by Gasteiger charge is -2.18. The Kier molecular flexibility index (Phi) is 2.71. The van der Waals surface area contributed by atoms with E-state index in [0.717, 1.165) is 32.3 Å². The topological polar surface area (TPSA) is 53.1 Å². The Morgan fingerprint density at radius 1 is 1.41 bits per heavy atom.